The fourth-order valence-electron chi connectivity index (χ4n) is 0. The Bertz CT molecular complexity index is 40.6. The first-order valence-corrected chi connectivity index (χ1v) is 1.13. The molecule has 0 aromatic rings. The monoisotopic (exact) mass is 154 g/mol. The molecule has 0 amide bonds. The van der Waals surface area contributed by atoms with Gasteiger partial charge < -0.3 is 13.4 Å². The van der Waals surface area contributed by atoms with Crippen molar-refractivity contribution in [1.82, 2.24) is 0 Å². The van der Waals surface area contributed by atoms with E-state index < -0.39 is 5.97 Å². The SMILES string of the molecule is CC(=O)O.O.OO.[Ca+2].[H-].[H-]. The Hall–Kier alpha value is 0.610. The van der Waals surface area contributed by atoms with Gasteiger partial charge in [0.1, 0.15) is 0 Å². The normalized spacial score (nSPS) is 3.88. The van der Waals surface area contributed by atoms with Crippen LogP contribution in [0.5, 0.6) is 0 Å². The summed E-state index contributed by atoms with van der Waals surface area (Å²) in [6.45, 7) is 1.08. The molecule has 0 saturated carbocycles. The molecule has 0 saturated heterocycles. The average Bonchev–Trinajstić information content (AvgIpc) is 1.41. The van der Waals surface area contributed by atoms with E-state index in [0.717, 1.165) is 6.92 Å². The molecule has 0 rings (SSSR count). The minimum atomic E-state index is -0.833. The Balaban J connectivity index is -0.00000000625. The number of carboxylic acid groups (broad SMARTS) is 1. The molecule has 50 valence electrons. The van der Waals surface area contributed by atoms with E-state index in [2.05, 4.69) is 0 Å². The molecule has 0 spiro atoms. The molecule has 0 radical (unpaired) electrons. The molecule has 0 heterocycles. The zero-order chi connectivity index (χ0) is 5.58. The van der Waals surface area contributed by atoms with Gasteiger partial charge in [-0.1, -0.05) is 0 Å². The topological polar surface area (TPSA) is 109 Å². The van der Waals surface area contributed by atoms with Crippen LogP contribution in [-0.2, 0) is 4.79 Å². The molecule has 0 aliphatic heterocycles. The van der Waals surface area contributed by atoms with E-state index in [4.69, 9.17) is 20.4 Å². The molecule has 0 aromatic carbocycles. The van der Waals surface area contributed by atoms with Crippen molar-refractivity contribution in [3.8, 4) is 0 Å². The van der Waals surface area contributed by atoms with E-state index in [9.17, 15) is 0 Å². The van der Waals surface area contributed by atoms with Crippen molar-refractivity contribution in [2.24, 2.45) is 0 Å². The summed E-state index contributed by atoms with van der Waals surface area (Å²) in [5, 5.41) is 19.4. The number of hydrogen-bond donors (Lipinski definition) is 3. The van der Waals surface area contributed by atoms with Gasteiger partial charge in [0.15, 0.2) is 0 Å². The Morgan fingerprint density at radius 2 is 1.50 bits per heavy atom. The molecule has 6 heteroatoms. The molecule has 0 aliphatic carbocycles. The van der Waals surface area contributed by atoms with Gasteiger partial charge in [0.05, 0.1) is 0 Å². The van der Waals surface area contributed by atoms with Crippen LogP contribution in [0, 0.1) is 0 Å². The maximum absolute atomic E-state index is 9.00. The third-order valence-electron chi connectivity index (χ3n) is 0. The first-order valence-electron chi connectivity index (χ1n) is 1.13. The van der Waals surface area contributed by atoms with Crippen LogP contribution in [-0.4, -0.2) is 64.8 Å². The summed E-state index contributed by atoms with van der Waals surface area (Å²) in [6, 6.07) is 0. The fourth-order valence-corrected chi connectivity index (χ4v) is 0. The van der Waals surface area contributed by atoms with E-state index in [1.807, 2.05) is 0 Å². The quantitative estimate of drug-likeness (QED) is 0.239. The van der Waals surface area contributed by atoms with Gasteiger partial charge in [0.2, 0.25) is 0 Å². The molecule has 0 atom stereocenters. The number of carboxylic acids is 1. The number of hydrogen-bond acceptors (Lipinski definition) is 3. The Kier molecular flexibility index (Phi) is 74.8. The average molecular weight is 154 g/mol. The minimum Gasteiger partial charge on any atom is -1.00 e. The van der Waals surface area contributed by atoms with Gasteiger partial charge in [-0.05, 0) is 0 Å². The molecule has 0 aromatic heterocycles. The van der Waals surface area contributed by atoms with Crippen molar-refractivity contribution in [2.75, 3.05) is 0 Å². The number of carbonyl (C=O) groups is 1. The van der Waals surface area contributed by atoms with Gasteiger partial charge >= 0.3 is 37.7 Å². The van der Waals surface area contributed by atoms with Crippen LogP contribution in [0.3, 0.4) is 0 Å². The van der Waals surface area contributed by atoms with Crippen molar-refractivity contribution < 1.29 is 28.7 Å². The largest absolute Gasteiger partial charge is 2.00 e. The van der Waals surface area contributed by atoms with E-state index in [1.54, 1.807) is 0 Å². The Morgan fingerprint density at radius 3 is 1.50 bits per heavy atom. The van der Waals surface area contributed by atoms with Crippen LogP contribution in [0.1, 0.15) is 9.78 Å². The molecule has 5 N–H and O–H groups in total. The Labute approximate surface area is 79.1 Å². The van der Waals surface area contributed by atoms with E-state index in [-0.39, 0.29) is 46.1 Å². The van der Waals surface area contributed by atoms with Crippen molar-refractivity contribution in [2.45, 2.75) is 6.92 Å². The summed E-state index contributed by atoms with van der Waals surface area (Å²) in [6.07, 6.45) is 0. The number of rotatable bonds is 0. The van der Waals surface area contributed by atoms with Gasteiger partial charge in [-0.2, -0.15) is 0 Å². The third kappa shape index (κ3) is 559. The standard InChI is InChI=1S/C2H4O2.Ca.H2O2.H2O.2H/c1-2(3)4;;1-2;;;/h1H3,(H,3,4);;1-2H;1H2;;/q;+2;;;2*-1. The third-order valence-corrected chi connectivity index (χ3v) is 0. The van der Waals surface area contributed by atoms with Crippen molar-refractivity contribution in [1.29, 1.82) is 0 Å². The first-order chi connectivity index (χ1) is 2.73. The second kappa shape index (κ2) is 25.5. The van der Waals surface area contributed by atoms with E-state index >= 15 is 0 Å². The predicted octanol–water partition coefficient (Wildman–Crippen LogP) is -0.872. The first kappa shape index (κ1) is 23.5. The number of aliphatic carboxylic acids is 1. The van der Waals surface area contributed by atoms with Crippen LogP contribution >= 0.6 is 0 Å². The summed E-state index contributed by atoms with van der Waals surface area (Å²) >= 11 is 0. The van der Waals surface area contributed by atoms with Crippen molar-refractivity contribution >= 4 is 43.7 Å². The van der Waals surface area contributed by atoms with Crippen molar-refractivity contribution in [3.05, 3.63) is 0 Å². The fraction of sp³-hybridized carbons (Fsp3) is 0.500. The van der Waals surface area contributed by atoms with Crippen molar-refractivity contribution in [3.63, 3.8) is 0 Å². The summed E-state index contributed by atoms with van der Waals surface area (Å²) in [5.74, 6) is -0.833. The van der Waals surface area contributed by atoms with Crippen LogP contribution < -0.4 is 0 Å². The molecule has 0 bridgehead atoms. The molecular formula is C2H10CaO5. The predicted molar refractivity (Wildman–Crippen MR) is 30.2 cm³/mol. The van der Waals surface area contributed by atoms with E-state index in [0.29, 0.717) is 0 Å². The van der Waals surface area contributed by atoms with Gasteiger partial charge in [-0.25, -0.2) is 0 Å². The smallest absolute Gasteiger partial charge is 1.00 e. The summed E-state index contributed by atoms with van der Waals surface area (Å²) in [7, 11) is 0. The second-order valence-corrected chi connectivity index (χ2v) is 0.519. The molecule has 0 unspecified atom stereocenters. The molecule has 5 nitrogen and oxygen atoms in total. The Morgan fingerprint density at radius 1 is 1.50 bits per heavy atom. The summed E-state index contributed by atoms with van der Waals surface area (Å²) < 4.78 is 0. The van der Waals surface area contributed by atoms with Gasteiger partial charge in [-0.15, -0.1) is 0 Å². The molecular weight excluding hydrogens is 144 g/mol. The molecule has 0 fully saturated rings. The minimum absolute atomic E-state index is 0. The maximum atomic E-state index is 9.00. The second-order valence-electron chi connectivity index (χ2n) is 0.519. The zero-order valence-electron chi connectivity index (χ0n) is 6.46. The van der Waals surface area contributed by atoms with E-state index in [1.165, 1.54) is 0 Å². The summed E-state index contributed by atoms with van der Waals surface area (Å²) in [4.78, 5) is 9.00. The maximum Gasteiger partial charge on any atom is 2.00 e. The van der Waals surface area contributed by atoms with Crippen LogP contribution in [0.25, 0.3) is 0 Å². The molecule has 0 aliphatic rings. The van der Waals surface area contributed by atoms with Crippen LogP contribution in [0.2, 0.25) is 0 Å². The molecule has 8 heavy (non-hydrogen) atoms. The van der Waals surface area contributed by atoms with Crippen LogP contribution in [0.4, 0.5) is 0 Å². The van der Waals surface area contributed by atoms with Gasteiger partial charge in [0.25, 0.3) is 5.97 Å². The van der Waals surface area contributed by atoms with Gasteiger partial charge in [0, 0.05) is 6.92 Å². The summed E-state index contributed by atoms with van der Waals surface area (Å²) in [5.41, 5.74) is 0. The zero-order valence-corrected chi connectivity index (χ0v) is 6.67. The van der Waals surface area contributed by atoms with Crippen LogP contribution in [0.15, 0.2) is 0 Å². The van der Waals surface area contributed by atoms with Gasteiger partial charge in [-0.3, -0.25) is 15.3 Å².